The number of aryl methyl sites for hydroxylation is 1. The molecule has 2 rings (SSSR count). The second-order valence-electron chi connectivity index (χ2n) is 4.66. The Balaban J connectivity index is 2.55. The zero-order chi connectivity index (χ0) is 14.9. The highest BCUT2D eigenvalue weighted by atomic mass is 19.4. The summed E-state index contributed by atoms with van der Waals surface area (Å²) in [7, 11) is 0. The molecule has 0 amide bonds. The van der Waals surface area contributed by atoms with Gasteiger partial charge in [0.15, 0.2) is 0 Å². The molecule has 0 aliphatic carbocycles. The molecule has 1 aromatic carbocycles. The van der Waals surface area contributed by atoms with E-state index in [1.807, 2.05) is 18.2 Å². The van der Waals surface area contributed by atoms with E-state index in [0.717, 1.165) is 5.69 Å². The lowest BCUT2D eigenvalue weighted by Crippen LogP contribution is -2.29. The van der Waals surface area contributed by atoms with Crippen molar-refractivity contribution < 1.29 is 13.2 Å². The van der Waals surface area contributed by atoms with Crippen molar-refractivity contribution in [1.29, 1.82) is 0 Å². The largest absolute Gasteiger partial charge is 0.397 e. The number of para-hydroxylation sites is 1. The van der Waals surface area contributed by atoms with Crippen LogP contribution in [0.25, 0.3) is 5.69 Å². The van der Waals surface area contributed by atoms with Crippen LogP contribution in [0.1, 0.15) is 22.9 Å². The van der Waals surface area contributed by atoms with Crippen LogP contribution in [0.4, 0.5) is 13.2 Å². The fourth-order valence-corrected chi connectivity index (χ4v) is 2.39. The normalized spacial score (nSPS) is 13.5. The lowest BCUT2D eigenvalue weighted by molar-refractivity contribution is -0.148. The lowest BCUT2D eigenvalue weighted by Gasteiger charge is -2.19. The van der Waals surface area contributed by atoms with Gasteiger partial charge in [-0.05, 0) is 26.0 Å². The highest BCUT2D eigenvalue weighted by Crippen LogP contribution is 2.37. The second-order valence-corrected chi connectivity index (χ2v) is 4.66. The van der Waals surface area contributed by atoms with Gasteiger partial charge >= 0.3 is 6.18 Å². The maximum absolute atomic E-state index is 13.1. The number of hydrogen-bond acceptors (Lipinski definition) is 2. The monoisotopic (exact) mass is 283 g/mol. The number of hydrogen-bond donors (Lipinski definition) is 1. The molecule has 0 fully saturated rings. The van der Waals surface area contributed by atoms with E-state index in [1.165, 1.54) is 4.68 Å². The standard InChI is InChI=1S/C14H16F3N3/c1-9-13(12(8-18)14(15,16)17)10(2)20(19-9)11-6-4-3-5-7-11/h3-7,12H,8,18H2,1-2H3. The first-order valence-corrected chi connectivity index (χ1v) is 6.24. The van der Waals surface area contributed by atoms with Gasteiger partial charge in [-0.1, -0.05) is 18.2 Å². The van der Waals surface area contributed by atoms with Crippen molar-refractivity contribution in [3.63, 3.8) is 0 Å². The summed E-state index contributed by atoms with van der Waals surface area (Å²) in [5.74, 6) is -1.68. The Labute approximate surface area is 115 Å². The third kappa shape index (κ3) is 2.56. The quantitative estimate of drug-likeness (QED) is 0.940. The molecule has 1 heterocycles. The van der Waals surface area contributed by atoms with Crippen LogP contribution in [-0.4, -0.2) is 22.5 Å². The van der Waals surface area contributed by atoms with Crippen LogP contribution in [0.15, 0.2) is 30.3 Å². The van der Waals surface area contributed by atoms with Gasteiger partial charge in [0, 0.05) is 17.8 Å². The Morgan fingerprint density at radius 1 is 1.20 bits per heavy atom. The SMILES string of the molecule is Cc1nn(-c2ccccc2)c(C)c1C(CN)C(F)(F)F. The van der Waals surface area contributed by atoms with Gasteiger partial charge in [0.25, 0.3) is 0 Å². The first kappa shape index (κ1) is 14.6. The molecule has 108 valence electrons. The first-order valence-electron chi connectivity index (χ1n) is 6.24. The number of rotatable bonds is 3. The van der Waals surface area contributed by atoms with Crippen LogP contribution in [0, 0.1) is 13.8 Å². The van der Waals surface area contributed by atoms with Gasteiger partial charge in [-0.2, -0.15) is 18.3 Å². The van der Waals surface area contributed by atoms with Crippen LogP contribution in [-0.2, 0) is 0 Å². The summed E-state index contributed by atoms with van der Waals surface area (Å²) in [6.45, 7) is 2.73. The Kier molecular flexibility index (Phi) is 3.85. The Morgan fingerprint density at radius 2 is 1.80 bits per heavy atom. The smallest absolute Gasteiger partial charge is 0.330 e. The van der Waals surface area contributed by atoms with E-state index in [2.05, 4.69) is 5.10 Å². The van der Waals surface area contributed by atoms with E-state index in [-0.39, 0.29) is 5.56 Å². The molecule has 0 spiro atoms. The number of benzene rings is 1. The Bertz CT molecular complexity index is 588. The van der Waals surface area contributed by atoms with Gasteiger partial charge in [-0.15, -0.1) is 0 Å². The third-order valence-corrected chi connectivity index (χ3v) is 3.33. The summed E-state index contributed by atoms with van der Waals surface area (Å²) in [6, 6.07) is 9.07. The number of halogens is 3. The summed E-state index contributed by atoms with van der Waals surface area (Å²) < 4.78 is 40.7. The average molecular weight is 283 g/mol. The van der Waals surface area contributed by atoms with Crippen molar-refractivity contribution in [2.75, 3.05) is 6.54 Å². The first-order chi connectivity index (χ1) is 9.36. The van der Waals surface area contributed by atoms with E-state index in [9.17, 15) is 13.2 Å². The molecule has 0 radical (unpaired) electrons. The fourth-order valence-electron chi connectivity index (χ4n) is 2.39. The van der Waals surface area contributed by atoms with E-state index in [0.29, 0.717) is 11.4 Å². The minimum atomic E-state index is -4.37. The molecule has 0 bridgehead atoms. The van der Waals surface area contributed by atoms with E-state index < -0.39 is 18.6 Å². The summed E-state index contributed by atoms with van der Waals surface area (Å²) in [6.07, 6.45) is -4.37. The lowest BCUT2D eigenvalue weighted by atomic mass is 9.96. The summed E-state index contributed by atoms with van der Waals surface area (Å²) in [5.41, 5.74) is 7.06. The molecule has 0 aliphatic heterocycles. The van der Waals surface area contributed by atoms with E-state index in [4.69, 9.17) is 5.73 Å². The van der Waals surface area contributed by atoms with Gasteiger partial charge in [0.1, 0.15) is 0 Å². The van der Waals surface area contributed by atoms with Crippen LogP contribution in [0.2, 0.25) is 0 Å². The molecule has 1 atom stereocenters. The molecule has 2 N–H and O–H groups in total. The summed E-state index contributed by atoms with van der Waals surface area (Å²) >= 11 is 0. The minimum absolute atomic E-state index is 0.170. The third-order valence-electron chi connectivity index (χ3n) is 3.33. The minimum Gasteiger partial charge on any atom is -0.330 e. The van der Waals surface area contributed by atoms with Gasteiger partial charge in [0.05, 0.1) is 17.3 Å². The topological polar surface area (TPSA) is 43.8 Å². The van der Waals surface area contributed by atoms with Crippen molar-refractivity contribution in [2.24, 2.45) is 5.73 Å². The number of aromatic nitrogens is 2. The number of nitrogens with two attached hydrogens (primary N) is 1. The molecule has 2 aromatic rings. The van der Waals surface area contributed by atoms with Crippen LogP contribution < -0.4 is 5.73 Å². The van der Waals surface area contributed by atoms with Crippen LogP contribution >= 0.6 is 0 Å². The van der Waals surface area contributed by atoms with Crippen LogP contribution in [0.5, 0.6) is 0 Å². The molecular weight excluding hydrogens is 267 g/mol. The second kappa shape index (κ2) is 5.28. The zero-order valence-electron chi connectivity index (χ0n) is 11.3. The van der Waals surface area contributed by atoms with E-state index >= 15 is 0 Å². The Hall–Kier alpha value is -1.82. The molecule has 0 aliphatic rings. The number of nitrogens with zero attached hydrogens (tertiary/aromatic N) is 2. The van der Waals surface area contributed by atoms with Crippen molar-refractivity contribution >= 4 is 0 Å². The predicted molar refractivity (Wildman–Crippen MR) is 70.9 cm³/mol. The summed E-state index contributed by atoms with van der Waals surface area (Å²) in [5, 5.41) is 4.22. The van der Waals surface area contributed by atoms with Gasteiger partial charge in [0.2, 0.25) is 0 Å². The predicted octanol–water partition coefficient (Wildman–Crippen LogP) is 3.09. The molecule has 0 saturated carbocycles. The molecule has 0 saturated heterocycles. The number of alkyl halides is 3. The van der Waals surface area contributed by atoms with Gasteiger partial charge in [-0.3, -0.25) is 0 Å². The van der Waals surface area contributed by atoms with Crippen molar-refractivity contribution in [1.82, 2.24) is 9.78 Å². The molecule has 3 nitrogen and oxygen atoms in total. The Morgan fingerprint density at radius 3 is 2.30 bits per heavy atom. The van der Waals surface area contributed by atoms with Gasteiger partial charge in [-0.25, -0.2) is 4.68 Å². The fraction of sp³-hybridized carbons (Fsp3) is 0.357. The molecular formula is C14H16F3N3. The average Bonchev–Trinajstić information content (AvgIpc) is 2.67. The van der Waals surface area contributed by atoms with Gasteiger partial charge < -0.3 is 5.73 Å². The zero-order valence-corrected chi connectivity index (χ0v) is 11.3. The van der Waals surface area contributed by atoms with Crippen molar-refractivity contribution in [3.05, 3.63) is 47.3 Å². The highest BCUT2D eigenvalue weighted by Gasteiger charge is 2.42. The highest BCUT2D eigenvalue weighted by molar-refractivity contribution is 5.39. The van der Waals surface area contributed by atoms with Crippen molar-refractivity contribution in [2.45, 2.75) is 25.9 Å². The maximum Gasteiger partial charge on any atom is 0.397 e. The molecule has 1 unspecified atom stereocenters. The molecule has 20 heavy (non-hydrogen) atoms. The maximum atomic E-state index is 13.1. The van der Waals surface area contributed by atoms with Crippen molar-refractivity contribution in [3.8, 4) is 5.69 Å². The van der Waals surface area contributed by atoms with Crippen LogP contribution in [0.3, 0.4) is 0 Å². The molecule has 1 aromatic heterocycles. The summed E-state index contributed by atoms with van der Waals surface area (Å²) in [4.78, 5) is 0. The van der Waals surface area contributed by atoms with E-state index in [1.54, 1.807) is 26.0 Å². The molecule has 6 heteroatoms.